The third-order valence-electron chi connectivity index (χ3n) is 2.13. The van der Waals surface area contributed by atoms with Crippen molar-refractivity contribution in [3.8, 4) is 0 Å². The maximum absolute atomic E-state index is 13.1. The van der Waals surface area contributed by atoms with Crippen LogP contribution in [0, 0.1) is 11.7 Å². The first-order chi connectivity index (χ1) is 6.45. The van der Waals surface area contributed by atoms with Crippen LogP contribution < -0.4 is 5.73 Å². The maximum atomic E-state index is 13.1. The first-order valence-corrected chi connectivity index (χ1v) is 5.09. The van der Waals surface area contributed by atoms with Gasteiger partial charge >= 0.3 is 0 Å². The molecule has 1 unspecified atom stereocenters. The molecule has 4 heteroatoms. The predicted molar refractivity (Wildman–Crippen MR) is 58.2 cm³/mol. The van der Waals surface area contributed by atoms with Gasteiger partial charge in [-0.05, 0) is 18.1 Å². The Morgan fingerprint density at radius 2 is 1.86 bits per heavy atom. The molecule has 0 saturated heterocycles. The Hall–Kier alpha value is -0.310. The quantitative estimate of drug-likeness (QED) is 0.776. The van der Waals surface area contributed by atoms with Gasteiger partial charge in [0.25, 0.3) is 0 Å². The Labute approximate surface area is 93.0 Å². The number of rotatable bonds is 2. The van der Waals surface area contributed by atoms with E-state index in [0.717, 1.165) is 0 Å². The van der Waals surface area contributed by atoms with Crippen molar-refractivity contribution in [3.05, 3.63) is 33.6 Å². The minimum Gasteiger partial charge on any atom is -0.324 e. The van der Waals surface area contributed by atoms with Crippen molar-refractivity contribution in [1.29, 1.82) is 0 Å². The lowest BCUT2D eigenvalue weighted by Gasteiger charge is -2.19. The average Bonchev–Trinajstić information content (AvgIpc) is 2.12. The minimum atomic E-state index is -0.484. The second-order valence-electron chi connectivity index (χ2n) is 3.53. The first-order valence-electron chi connectivity index (χ1n) is 4.34. The van der Waals surface area contributed by atoms with Crippen molar-refractivity contribution in [2.45, 2.75) is 19.9 Å². The average molecular weight is 236 g/mol. The lowest BCUT2D eigenvalue weighted by molar-refractivity contribution is 0.510. The lowest BCUT2D eigenvalue weighted by Crippen LogP contribution is -2.18. The van der Waals surface area contributed by atoms with Gasteiger partial charge in [0.1, 0.15) is 5.82 Å². The number of hydrogen-bond acceptors (Lipinski definition) is 1. The van der Waals surface area contributed by atoms with Gasteiger partial charge in [0.05, 0.1) is 5.02 Å². The fourth-order valence-corrected chi connectivity index (χ4v) is 1.80. The molecule has 1 rings (SSSR count). The molecule has 2 N–H and O–H groups in total. The third kappa shape index (κ3) is 2.19. The summed E-state index contributed by atoms with van der Waals surface area (Å²) in [6.45, 7) is 3.87. The van der Waals surface area contributed by atoms with Crippen molar-refractivity contribution in [3.63, 3.8) is 0 Å². The van der Waals surface area contributed by atoms with Crippen molar-refractivity contribution in [2.75, 3.05) is 0 Å². The number of nitrogens with two attached hydrogens (primary N) is 1. The summed E-state index contributed by atoms with van der Waals surface area (Å²) in [5, 5.41) is 0.441. The highest BCUT2D eigenvalue weighted by molar-refractivity contribution is 6.36. The van der Waals surface area contributed by atoms with Gasteiger partial charge in [-0.15, -0.1) is 0 Å². The van der Waals surface area contributed by atoms with E-state index in [9.17, 15) is 4.39 Å². The molecule has 0 spiro atoms. The van der Waals surface area contributed by atoms with E-state index in [1.54, 1.807) is 0 Å². The van der Waals surface area contributed by atoms with Gasteiger partial charge in [0.15, 0.2) is 0 Å². The number of hydrogen-bond donors (Lipinski definition) is 1. The Balaban J connectivity index is 3.25. The van der Waals surface area contributed by atoms with Crippen LogP contribution in [0.5, 0.6) is 0 Å². The molecule has 0 aliphatic rings. The number of halogens is 3. The molecule has 0 heterocycles. The second kappa shape index (κ2) is 4.47. The van der Waals surface area contributed by atoms with Crippen LogP contribution in [0.25, 0.3) is 0 Å². The molecule has 14 heavy (non-hydrogen) atoms. The van der Waals surface area contributed by atoms with Crippen molar-refractivity contribution < 1.29 is 4.39 Å². The SMILES string of the molecule is CC(C)C(N)c1c(Cl)ccc(F)c1Cl. The molecule has 78 valence electrons. The van der Waals surface area contributed by atoms with E-state index >= 15 is 0 Å². The topological polar surface area (TPSA) is 26.0 Å². The maximum Gasteiger partial charge on any atom is 0.142 e. The summed E-state index contributed by atoms with van der Waals surface area (Å²) in [4.78, 5) is 0. The summed E-state index contributed by atoms with van der Waals surface area (Å²) in [6.07, 6.45) is 0. The summed E-state index contributed by atoms with van der Waals surface area (Å²) in [6, 6.07) is 2.37. The first kappa shape index (κ1) is 11.8. The lowest BCUT2D eigenvalue weighted by atomic mass is 9.97. The van der Waals surface area contributed by atoms with Gasteiger partial charge in [-0.2, -0.15) is 0 Å². The van der Waals surface area contributed by atoms with Crippen LogP contribution in [-0.4, -0.2) is 0 Å². The molecule has 1 nitrogen and oxygen atoms in total. The third-order valence-corrected chi connectivity index (χ3v) is 2.84. The highest BCUT2D eigenvalue weighted by atomic mass is 35.5. The molecule has 0 amide bonds. The molecule has 0 fully saturated rings. The molecule has 0 bridgehead atoms. The number of benzene rings is 1. The zero-order valence-electron chi connectivity index (χ0n) is 8.02. The fourth-order valence-electron chi connectivity index (χ4n) is 1.18. The zero-order valence-corrected chi connectivity index (χ0v) is 9.53. The molecular formula is C10H12Cl2FN. The Bertz CT molecular complexity index is 339. The Morgan fingerprint density at radius 1 is 1.29 bits per heavy atom. The second-order valence-corrected chi connectivity index (χ2v) is 4.31. The summed E-state index contributed by atoms with van der Waals surface area (Å²) >= 11 is 11.7. The van der Waals surface area contributed by atoms with E-state index in [1.807, 2.05) is 13.8 Å². The van der Waals surface area contributed by atoms with Crippen LogP contribution in [0.15, 0.2) is 12.1 Å². The normalized spacial score (nSPS) is 13.4. The van der Waals surface area contributed by atoms with Gasteiger partial charge in [0.2, 0.25) is 0 Å². The van der Waals surface area contributed by atoms with Gasteiger partial charge in [-0.25, -0.2) is 4.39 Å². The summed E-state index contributed by atoms with van der Waals surface area (Å²) in [5.41, 5.74) is 6.36. The van der Waals surface area contributed by atoms with Crippen LogP contribution in [0.1, 0.15) is 25.5 Å². The molecule has 0 radical (unpaired) electrons. The van der Waals surface area contributed by atoms with Crippen molar-refractivity contribution in [1.82, 2.24) is 0 Å². The highest BCUT2D eigenvalue weighted by Crippen LogP contribution is 2.34. The van der Waals surface area contributed by atoms with E-state index in [4.69, 9.17) is 28.9 Å². The molecule has 1 atom stereocenters. The van der Waals surface area contributed by atoms with Crippen LogP contribution in [-0.2, 0) is 0 Å². The van der Waals surface area contributed by atoms with Gasteiger partial charge < -0.3 is 5.73 Å². The van der Waals surface area contributed by atoms with Crippen LogP contribution in [0.3, 0.4) is 0 Å². The highest BCUT2D eigenvalue weighted by Gasteiger charge is 2.19. The van der Waals surface area contributed by atoms with E-state index in [1.165, 1.54) is 12.1 Å². The minimum absolute atomic E-state index is 0.0266. The van der Waals surface area contributed by atoms with Crippen LogP contribution in [0.2, 0.25) is 10.0 Å². The van der Waals surface area contributed by atoms with Crippen molar-refractivity contribution in [2.24, 2.45) is 11.7 Å². The van der Waals surface area contributed by atoms with E-state index in [2.05, 4.69) is 0 Å². The molecule has 0 aliphatic carbocycles. The summed E-state index contributed by atoms with van der Waals surface area (Å²) in [7, 11) is 0. The Kier molecular flexibility index (Phi) is 3.76. The summed E-state index contributed by atoms with van der Waals surface area (Å²) < 4.78 is 13.1. The van der Waals surface area contributed by atoms with E-state index in [0.29, 0.717) is 10.6 Å². The molecule has 0 aliphatic heterocycles. The molecule has 0 aromatic heterocycles. The Morgan fingerprint density at radius 3 is 2.36 bits per heavy atom. The zero-order chi connectivity index (χ0) is 10.9. The smallest absolute Gasteiger partial charge is 0.142 e. The largest absolute Gasteiger partial charge is 0.324 e. The molecule has 0 saturated carbocycles. The van der Waals surface area contributed by atoms with E-state index in [-0.39, 0.29) is 17.0 Å². The van der Waals surface area contributed by atoms with Gasteiger partial charge in [-0.3, -0.25) is 0 Å². The fraction of sp³-hybridized carbons (Fsp3) is 0.400. The summed E-state index contributed by atoms with van der Waals surface area (Å²) in [5.74, 6) is -0.325. The van der Waals surface area contributed by atoms with E-state index < -0.39 is 5.82 Å². The van der Waals surface area contributed by atoms with Crippen LogP contribution >= 0.6 is 23.2 Å². The predicted octanol–water partition coefficient (Wildman–Crippen LogP) is 3.79. The monoisotopic (exact) mass is 235 g/mol. The van der Waals surface area contributed by atoms with Gasteiger partial charge in [0, 0.05) is 16.6 Å². The van der Waals surface area contributed by atoms with Gasteiger partial charge in [-0.1, -0.05) is 37.0 Å². The molecular weight excluding hydrogens is 224 g/mol. The molecule has 1 aromatic carbocycles. The standard InChI is InChI=1S/C10H12Cl2FN/c1-5(2)10(14)8-6(11)3-4-7(13)9(8)12/h3-5,10H,14H2,1-2H3. The van der Waals surface area contributed by atoms with Crippen molar-refractivity contribution >= 4 is 23.2 Å². The van der Waals surface area contributed by atoms with Crippen LogP contribution in [0.4, 0.5) is 4.39 Å². The molecule has 1 aromatic rings.